The summed E-state index contributed by atoms with van der Waals surface area (Å²) in [6.07, 6.45) is 0. The van der Waals surface area contributed by atoms with Crippen LogP contribution in [0.3, 0.4) is 0 Å². The Labute approximate surface area is 76.5 Å². The van der Waals surface area contributed by atoms with Crippen LogP contribution in [0.4, 0.5) is 13.2 Å². The third kappa shape index (κ3) is 1.80. The van der Waals surface area contributed by atoms with Crippen molar-refractivity contribution in [2.24, 2.45) is 0 Å². The van der Waals surface area contributed by atoms with E-state index in [-0.39, 0.29) is 10.4 Å². The van der Waals surface area contributed by atoms with Crippen LogP contribution in [0.5, 0.6) is 0 Å². The smallest absolute Gasteiger partial charge is 0.161 e. The minimum absolute atomic E-state index is 0.119. The van der Waals surface area contributed by atoms with Crippen molar-refractivity contribution in [3.05, 3.63) is 35.1 Å². The molecule has 1 rings (SSSR count). The second-order valence-electron chi connectivity index (χ2n) is 2.40. The van der Waals surface area contributed by atoms with Crippen LogP contribution in [0.25, 0.3) is 0 Å². The van der Waals surface area contributed by atoms with Crippen molar-refractivity contribution in [3.8, 4) is 0 Å². The molecule has 0 saturated carbocycles. The maximum atomic E-state index is 12.8. The van der Waals surface area contributed by atoms with Crippen LogP contribution in [0.15, 0.2) is 12.1 Å². The molecule has 12 heavy (non-hydrogen) atoms. The fourth-order valence-corrected chi connectivity index (χ4v) is 1.19. The quantitative estimate of drug-likeness (QED) is 0.519. The lowest BCUT2D eigenvalue weighted by atomic mass is 10.1. The average molecular weight is 239 g/mol. The molecule has 0 aliphatic heterocycles. The molecule has 0 heterocycles. The van der Waals surface area contributed by atoms with Crippen molar-refractivity contribution < 1.29 is 13.2 Å². The highest BCUT2D eigenvalue weighted by atomic mass is 79.9. The predicted molar refractivity (Wildman–Crippen MR) is 43.7 cm³/mol. The summed E-state index contributed by atoms with van der Waals surface area (Å²) >= 11 is 3.06. The molecule has 0 amide bonds. The summed E-state index contributed by atoms with van der Waals surface area (Å²) in [4.78, 5) is -0.326. The number of rotatable bonds is 1. The van der Waals surface area contributed by atoms with Gasteiger partial charge in [0, 0.05) is 16.5 Å². The first-order valence-electron chi connectivity index (χ1n) is 3.31. The molecule has 1 atom stereocenters. The molecule has 0 nitrogen and oxygen atoms in total. The lowest BCUT2D eigenvalue weighted by Gasteiger charge is -2.05. The summed E-state index contributed by atoms with van der Waals surface area (Å²) < 4.78 is 37.8. The maximum absolute atomic E-state index is 12.8. The summed E-state index contributed by atoms with van der Waals surface area (Å²) in [5.41, 5.74) is 0.119. The Balaban J connectivity index is 3.23. The van der Waals surface area contributed by atoms with Crippen LogP contribution in [-0.4, -0.2) is 0 Å². The van der Waals surface area contributed by atoms with Crippen LogP contribution >= 0.6 is 15.9 Å². The van der Waals surface area contributed by atoms with E-state index < -0.39 is 17.5 Å². The van der Waals surface area contributed by atoms with E-state index in [1.165, 1.54) is 0 Å². The fourth-order valence-electron chi connectivity index (χ4n) is 0.843. The SMILES string of the molecule is CC(Br)c1cc(F)c(F)cc1F. The van der Waals surface area contributed by atoms with E-state index >= 15 is 0 Å². The van der Waals surface area contributed by atoms with Gasteiger partial charge in [-0.05, 0) is 13.0 Å². The molecule has 0 spiro atoms. The minimum atomic E-state index is -1.16. The zero-order valence-corrected chi connectivity index (χ0v) is 7.83. The van der Waals surface area contributed by atoms with Crippen LogP contribution in [-0.2, 0) is 0 Å². The van der Waals surface area contributed by atoms with Crippen LogP contribution in [0, 0.1) is 17.5 Å². The Morgan fingerprint density at radius 3 is 2.08 bits per heavy atom. The molecule has 1 aromatic rings. The van der Waals surface area contributed by atoms with Crippen LogP contribution in [0.2, 0.25) is 0 Å². The maximum Gasteiger partial charge on any atom is 0.161 e. The number of hydrogen-bond donors (Lipinski definition) is 0. The highest BCUT2D eigenvalue weighted by Crippen LogP contribution is 2.25. The van der Waals surface area contributed by atoms with Crippen molar-refractivity contribution in [1.82, 2.24) is 0 Å². The Kier molecular flexibility index (Phi) is 2.77. The molecule has 0 fully saturated rings. The second-order valence-corrected chi connectivity index (χ2v) is 3.78. The lowest BCUT2D eigenvalue weighted by molar-refractivity contribution is 0.490. The third-order valence-electron chi connectivity index (χ3n) is 1.47. The largest absolute Gasteiger partial charge is 0.207 e. The van der Waals surface area contributed by atoms with Gasteiger partial charge in [-0.25, -0.2) is 13.2 Å². The van der Waals surface area contributed by atoms with Gasteiger partial charge in [0.2, 0.25) is 0 Å². The van der Waals surface area contributed by atoms with Crippen LogP contribution in [0.1, 0.15) is 17.3 Å². The first kappa shape index (κ1) is 9.58. The molecule has 0 aromatic heterocycles. The Bertz CT molecular complexity index is 297. The summed E-state index contributed by atoms with van der Waals surface area (Å²) in [5.74, 6) is -2.93. The molecule has 1 aromatic carbocycles. The molecule has 0 N–H and O–H groups in total. The van der Waals surface area contributed by atoms with Gasteiger partial charge in [0.25, 0.3) is 0 Å². The van der Waals surface area contributed by atoms with Gasteiger partial charge in [-0.2, -0.15) is 0 Å². The Morgan fingerprint density at radius 2 is 1.58 bits per heavy atom. The van der Waals surface area contributed by atoms with Gasteiger partial charge in [0.1, 0.15) is 5.82 Å². The predicted octanol–water partition coefficient (Wildman–Crippen LogP) is 3.56. The summed E-state index contributed by atoms with van der Waals surface area (Å²) in [5, 5.41) is 0. The van der Waals surface area contributed by atoms with Gasteiger partial charge in [-0.3, -0.25) is 0 Å². The lowest BCUT2D eigenvalue weighted by Crippen LogP contribution is -1.95. The molecular formula is C8H6BrF3. The molecule has 1 unspecified atom stereocenters. The van der Waals surface area contributed by atoms with Gasteiger partial charge < -0.3 is 0 Å². The van der Waals surface area contributed by atoms with Gasteiger partial charge in [0.15, 0.2) is 11.6 Å². The zero-order chi connectivity index (χ0) is 9.30. The number of alkyl halides is 1. The van der Waals surface area contributed by atoms with E-state index in [9.17, 15) is 13.2 Å². The molecule has 0 aliphatic carbocycles. The Hall–Kier alpha value is -0.510. The summed E-state index contributed by atoms with van der Waals surface area (Å²) in [7, 11) is 0. The Morgan fingerprint density at radius 1 is 1.08 bits per heavy atom. The molecular weight excluding hydrogens is 233 g/mol. The standard InChI is InChI=1S/C8H6BrF3/c1-4(9)5-2-7(11)8(12)3-6(5)10/h2-4H,1H3. The van der Waals surface area contributed by atoms with Gasteiger partial charge in [-0.1, -0.05) is 15.9 Å². The number of hydrogen-bond acceptors (Lipinski definition) is 0. The molecule has 0 bridgehead atoms. The van der Waals surface area contributed by atoms with Crippen molar-refractivity contribution in [2.75, 3.05) is 0 Å². The van der Waals surface area contributed by atoms with E-state index in [4.69, 9.17) is 0 Å². The highest BCUT2D eigenvalue weighted by molar-refractivity contribution is 9.09. The van der Waals surface area contributed by atoms with Crippen molar-refractivity contribution in [1.29, 1.82) is 0 Å². The number of benzene rings is 1. The zero-order valence-electron chi connectivity index (χ0n) is 6.24. The van der Waals surface area contributed by atoms with E-state index in [0.717, 1.165) is 6.07 Å². The third-order valence-corrected chi connectivity index (χ3v) is 1.96. The fraction of sp³-hybridized carbons (Fsp3) is 0.250. The molecule has 0 aliphatic rings. The first-order chi connectivity index (χ1) is 5.52. The van der Waals surface area contributed by atoms with E-state index in [2.05, 4.69) is 15.9 Å². The minimum Gasteiger partial charge on any atom is -0.207 e. The molecule has 0 saturated heterocycles. The first-order valence-corrected chi connectivity index (χ1v) is 4.22. The normalized spacial score (nSPS) is 13.1. The second kappa shape index (κ2) is 3.47. The number of halogens is 4. The molecule has 66 valence electrons. The highest BCUT2D eigenvalue weighted by Gasteiger charge is 2.12. The van der Waals surface area contributed by atoms with E-state index in [1.54, 1.807) is 6.92 Å². The van der Waals surface area contributed by atoms with E-state index in [0.29, 0.717) is 6.07 Å². The van der Waals surface area contributed by atoms with Gasteiger partial charge >= 0.3 is 0 Å². The summed E-state index contributed by atoms with van der Waals surface area (Å²) in [6.45, 7) is 1.63. The average Bonchev–Trinajstić information content (AvgIpc) is 1.96. The van der Waals surface area contributed by atoms with Crippen molar-refractivity contribution in [2.45, 2.75) is 11.8 Å². The monoisotopic (exact) mass is 238 g/mol. The molecule has 4 heteroatoms. The van der Waals surface area contributed by atoms with Crippen molar-refractivity contribution in [3.63, 3.8) is 0 Å². The van der Waals surface area contributed by atoms with E-state index in [1.807, 2.05) is 0 Å². The topological polar surface area (TPSA) is 0 Å². The van der Waals surface area contributed by atoms with Crippen molar-refractivity contribution >= 4 is 15.9 Å². The summed E-state index contributed by atoms with van der Waals surface area (Å²) in [6, 6.07) is 1.40. The van der Waals surface area contributed by atoms with Gasteiger partial charge in [-0.15, -0.1) is 0 Å². The molecule has 0 radical (unpaired) electrons. The van der Waals surface area contributed by atoms with Crippen LogP contribution < -0.4 is 0 Å². The van der Waals surface area contributed by atoms with Gasteiger partial charge in [0.05, 0.1) is 0 Å².